The first-order valence-corrected chi connectivity index (χ1v) is 20.4. The van der Waals surface area contributed by atoms with Gasteiger partial charge in [0, 0.05) is 46.3 Å². The average molecular weight is 803 g/mol. The number of amides is 1. The third-order valence-electron chi connectivity index (χ3n) is 12.1. The molecule has 57 heavy (non-hydrogen) atoms. The topological polar surface area (TPSA) is 193 Å². The van der Waals surface area contributed by atoms with Crippen molar-refractivity contribution in [2.45, 2.75) is 154 Å². The number of ketones is 1. The molecule has 0 radical (unpaired) electrons. The second-order valence-corrected chi connectivity index (χ2v) is 16.8. The summed E-state index contributed by atoms with van der Waals surface area (Å²) in [5.41, 5.74) is -0.978. The minimum absolute atomic E-state index is 0. The number of likely N-dealkylation sites (N-methyl/N-ethyl adjacent to an activating group) is 1. The molecule has 2 aromatic heterocycles. The van der Waals surface area contributed by atoms with Crippen LogP contribution >= 0.6 is 0 Å². The predicted molar refractivity (Wildman–Crippen MR) is 211 cm³/mol. The van der Waals surface area contributed by atoms with Crippen LogP contribution in [0.2, 0.25) is 0 Å². The molecule has 3 fully saturated rings. The molecule has 0 spiro atoms. The van der Waals surface area contributed by atoms with Crippen LogP contribution in [-0.4, -0.2) is 152 Å². The number of aliphatic hydroxyl groups is 1. The molecule has 2 unspecified atom stereocenters. The number of Topliss-reactive ketones (excluding diaryl/α,β-unsaturated/α-hetero) is 1. The number of methoxy groups -OCH3 is 1. The maximum atomic E-state index is 14.0. The maximum Gasteiger partial charge on any atom is 0.410 e. The van der Waals surface area contributed by atoms with Crippen LogP contribution in [0.15, 0.2) is 24.5 Å². The number of carbonyl (C=O) groups excluding carboxylic acids is 3. The van der Waals surface area contributed by atoms with E-state index in [0.29, 0.717) is 63.1 Å². The lowest BCUT2D eigenvalue weighted by molar-refractivity contribution is -0.289. The standard InChI is InChI=1S/C40H64N8O9.H2/c1-11-32-40(7)35(48(38(52)57-40)18-13-12-17-47-23-29(44-45-47)28-15-14-16-42-43-28)27(5)41-22-24(2)21-39(6,53-10)33(20-31(49)26(4)36(51)55-32)56-37-34(50)30(46(8)9)19-25(3)54-37;/h14-16,23-27,30,32-35,37,41,50H,11-13,17-22H2,1-10H3;1H/t24-,25-,26-,27-,30?,32-,33-,34?,35-,37+,39-,40-;/m1./s1. The summed E-state index contributed by atoms with van der Waals surface area (Å²) in [6.07, 6.45) is 1.63. The zero-order valence-electron chi connectivity index (χ0n) is 35.3. The van der Waals surface area contributed by atoms with Gasteiger partial charge in [-0.25, -0.2) is 4.79 Å². The van der Waals surface area contributed by atoms with E-state index in [1.165, 1.54) is 6.92 Å². The van der Waals surface area contributed by atoms with Crippen molar-refractivity contribution in [1.82, 2.24) is 40.3 Å². The van der Waals surface area contributed by atoms with Crippen LogP contribution in [0.1, 0.15) is 88.4 Å². The molecule has 17 heteroatoms. The molecule has 320 valence electrons. The first-order chi connectivity index (χ1) is 27.0. The normalized spacial score (nSPS) is 36.0. The molecule has 0 bridgehead atoms. The van der Waals surface area contributed by atoms with Crippen LogP contribution in [0.25, 0.3) is 11.4 Å². The SMILES string of the molecule is CC[C@H]1OC(=O)[C@H](C)C(=O)C[C@@H](O[C@@H]2O[C@H](C)CC(N(C)C)C2O)[C@](C)(OC)C[C@@H](C)CN[C@H](C)[C@H]2N(CCCCn3cc(-c4cccnn4)nn3)C(=O)O[C@]12C.[HH]. The molecule has 12 atom stereocenters. The van der Waals surface area contributed by atoms with E-state index in [1.807, 2.05) is 65.9 Å². The Balaban J connectivity index is 0.00000744. The van der Waals surface area contributed by atoms with E-state index in [1.54, 1.807) is 29.0 Å². The Hall–Kier alpha value is -3.61. The zero-order valence-corrected chi connectivity index (χ0v) is 35.3. The van der Waals surface area contributed by atoms with Gasteiger partial charge in [-0.2, -0.15) is 5.10 Å². The van der Waals surface area contributed by atoms with Crippen LogP contribution in [0, 0.1) is 11.8 Å². The summed E-state index contributed by atoms with van der Waals surface area (Å²) in [6, 6.07) is 2.59. The number of aliphatic hydroxyl groups excluding tert-OH is 1. The lowest BCUT2D eigenvalue weighted by Crippen LogP contribution is -2.61. The summed E-state index contributed by atoms with van der Waals surface area (Å²) in [7, 11) is 5.38. The molecule has 5 rings (SSSR count). The highest BCUT2D eigenvalue weighted by atomic mass is 16.7. The summed E-state index contributed by atoms with van der Waals surface area (Å²) in [5.74, 6) is -2.27. The van der Waals surface area contributed by atoms with Gasteiger partial charge in [-0.3, -0.25) is 19.2 Å². The highest BCUT2D eigenvalue weighted by Crippen LogP contribution is 2.39. The molecule has 3 aliphatic heterocycles. The average Bonchev–Trinajstić information content (AvgIpc) is 3.76. The van der Waals surface area contributed by atoms with Gasteiger partial charge in [-0.15, -0.1) is 10.2 Å². The Kier molecular flexibility index (Phi) is 14.8. The van der Waals surface area contributed by atoms with E-state index >= 15 is 0 Å². The quantitative estimate of drug-likeness (QED) is 0.191. The van der Waals surface area contributed by atoms with Crippen LogP contribution < -0.4 is 5.32 Å². The molecule has 0 aromatic carbocycles. The Labute approximate surface area is 337 Å². The van der Waals surface area contributed by atoms with Gasteiger partial charge in [-0.05, 0) is 105 Å². The largest absolute Gasteiger partial charge is 0.458 e. The van der Waals surface area contributed by atoms with E-state index in [0.717, 1.165) is 0 Å². The number of rotatable bonds is 11. The van der Waals surface area contributed by atoms with Gasteiger partial charge >= 0.3 is 12.1 Å². The van der Waals surface area contributed by atoms with Crippen LogP contribution in [-0.2, 0) is 39.8 Å². The van der Waals surface area contributed by atoms with Crippen molar-refractivity contribution in [2.24, 2.45) is 11.8 Å². The van der Waals surface area contributed by atoms with E-state index < -0.39 is 65.6 Å². The van der Waals surface area contributed by atoms with E-state index in [-0.39, 0.29) is 32.0 Å². The Bertz CT molecular complexity index is 1660. The van der Waals surface area contributed by atoms with Crippen molar-refractivity contribution in [2.75, 3.05) is 34.3 Å². The Morgan fingerprint density at radius 2 is 1.82 bits per heavy atom. The number of unbranched alkanes of at least 4 members (excludes halogenated alkanes) is 1. The van der Waals surface area contributed by atoms with Crippen LogP contribution in [0.3, 0.4) is 0 Å². The highest BCUT2D eigenvalue weighted by Gasteiger charge is 2.58. The zero-order chi connectivity index (χ0) is 41.7. The van der Waals surface area contributed by atoms with Gasteiger partial charge in [0.25, 0.3) is 0 Å². The lowest BCUT2D eigenvalue weighted by atomic mass is 9.83. The van der Waals surface area contributed by atoms with E-state index in [9.17, 15) is 19.5 Å². The van der Waals surface area contributed by atoms with Gasteiger partial charge in [0.1, 0.15) is 35.3 Å². The molecule has 0 aliphatic carbocycles. The molecule has 0 saturated carbocycles. The number of aryl methyl sites for hydroxylation is 1. The second-order valence-electron chi connectivity index (χ2n) is 16.8. The van der Waals surface area contributed by atoms with Crippen molar-refractivity contribution in [3.05, 3.63) is 24.5 Å². The molecule has 1 amide bonds. The summed E-state index contributed by atoms with van der Waals surface area (Å²) in [4.78, 5) is 45.3. The fourth-order valence-corrected chi connectivity index (χ4v) is 8.67. The van der Waals surface area contributed by atoms with Crippen molar-refractivity contribution in [3.63, 3.8) is 0 Å². The molecule has 5 heterocycles. The van der Waals surface area contributed by atoms with Crippen LogP contribution in [0.4, 0.5) is 4.79 Å². The maximum absolute atomic E-state index is 14.0. The van der Waals surface area contributed by atoms with E-state index in [2.05, 4.69) is 32.7 Å². The number of hydrogen-bond donors (Lipinski definition) is 2. The fourth-order valence-electron chi connectivity index (χ4n) is 8.67. The minimum Gasteiger partial charge on any atom is -0.458 e. The predicted octanol–water partition coefficient (Wildman–Crippen LogP) is 3.49. The minimum atomic E-state index is -1.22. The first kappa shape index (κ1) is 44.5. The number of fused-ring (bicyclic) bond motifs is 1. The third kappa shape index (κ3) is 10.2. The summed E-state index contributed by atoms with van der Waals surface area (Å²) >= 11 is 0. The monoisotopic (exact) mass is 802 g/mol. The lowest BCUT2D eigenvalue weighted by Gasteiger charge is -2.45. The molecule has 3 saturated heterocycles. The second kappa shape index (κ2) is 19.0. The van der Waals surface area contributed by atoms with Crippen LogP contribution in [0.5, 0.6) is 0 Å². The van der Waals surface area contributed by atoms with Crippen molar-refractivity contribution in [3.8, 4) is 11.4 Å². The summed E-state index contributed by atoms with van der Waals surface area (Å²) in [5, 5.41) is 31.5. The van der Waals surface area contributed by atoms with Gasteiger partial charge in [-0.1, -0.05) is 19.1 Å². The highest BCUT2D eigenvalue weighted by molar-refractivity contribution is 5.99. The Morgan fingerprint density at radius 3 is 2.49 bits per heavy atom. The van der Waals surface area contributed by atoms with Crippen molar-refractivity contribution < 1.29 is 44.6 Å². The number of cyclic esters (lactones) is 1. The Morgan fingerprint density at radius 1 is 1.09 bits per heavy atom. The molecular formula is C40H66N8O9. The number of ether oxygens (including phenoxy) is 5. The van der Waals surface area contributed by atoms with E-state index in [4.69, 9.17) is 23.7 Å². The number of aromatic nitrogens is 5. The summed E-state index contributed by atoms with van der Waals surface area (Å²) < 4.78 is 32.9. The number of nitrogens with zero attached hydrogens (tertiary/aromatic N) is 7. The number of hydrogen-bond acceptors (Lipinski definition) is 15. The molecule has 2 N–H and O–H groups in total. The molecule has 3 aliphatic rings. The smallest absolute Gasteiger partial charge is 0.410 e. The van der Waals surface area contributed by atoms with Gasteiger partial charge < -0.3 is 39.0 Å². The molecule has 2 aromatic rings. The molecular weight excluding hydrogens is 736 g/mol. The number of nitrogens with one attached hydrogen (secondary N) is 1. The first-order valence-electron chi connectivity index (χ1n) is 20.4. The number of esters is 1. The van der Waals surface area contributed by atoms with Gasteiger partial charge in [0.05, 0.1) is 30.0 Å². The summed E-state index contributed by atoms with van der Waals surface area (Å²) in [6.45, 7) is 14.6. The third-order valence-corrected chi connectivity index (χ3v) is 12.1. The molecule has 17 nitrogen and oxygen atoms in total. The van der Waals surface area contributed by atoms with Gasteiger partial charge in [0.2, 0.25) is 0 Å². The van der Waals surface area contributed by atoms with Gasteiger partial charge in [0.15, 0.2) is 11.9 Å². The van der Waals surface area contributed by atoms with Crippen molar-refractivity contribution >= 4 is 17.8 Å². The number of carbonyl (C=O) groups is 3. The fraction of sp³-hybridized carbons (Fsp3) is 0.775. The van der Waals surface area contributed by atoms with Crippen molar-refractivity contribution in [1.29, 1.82) is 0 Å².